The van der Waals surface area contributed by atoms with Gasteiger partial charge in [-0.1, -0.05) is 152 Å². The van der Waals surface area contributed by atoms with Crippen molar-refractivity contribution in [2.24, 2.45) is 0 Å². The largest absolute Gasteiger partial charge is 0.454 e. The average Bonchev–Trinajstić information content (AvgIpc) is 3.93. The van der Waals surface area contributed by atoms with Gasteiger partial charge in [0.25, 0.3) is 0 Å². The van der Waals surface area contributed by atoms with Crippen LogP contribution in [-0.4, -0.2) is 0 Å². The molecule has 0 N–H and O–H groups in total. The lowest BCUT2D eigenvalue weighted by Crippen LogP contribution is -2.16. The topological polar surface area (TPSA) is 22.9 Å². The normalized spacial score (nSPS) is 11.5. The maximum atomic E-state index is 6.80. The van der Waals surface area contributed by atoms with Gasteiger partial charge in [-0.05, 0) is 90.3 Å². The highest BCUT2D eigenvalue weighted by Crippen LogP contribution is 2.50. The molecule has 2 aromatic heterocycles. The summed E-state index contributed by atoms with van der Waals surface area (Å²) in [4.78, 5) is 7.19. The molecule has 0 aliphatic heterocycles. The van der Waals surface area contributed by atoms with Gasteiger partial charge in [0.05, 0.1) is 38.8 Å². The molecule has 0 bridgehead atoms. The van der Waals surface area contributed by atoms with Gasteiger partial charge < -0.3 is 19.1 Å². The van der Waals surface area contributed by atoms with E-state index in [2.05, 4.69) is 245 Å². The summed E-state index contributed by atoms with van der Waals surface area (Å²) in [6, 6.07) is 84.7. The predicted octanol–water partition coefficient (Wildman–Crippen LogP) is 17.5. The lowest BCUT2D eigenvalue weighted by atomic mass is 10.0. The van der Waals surface area contributed by atoms with Crippen LogP contribution in [0.5, 0.6) is 0 Å². The van der Waals surface area contributed by atoms with Crippen molar-refractivity contribution in [3.63, 3.8) is 0 Å². The summed E-state index contributed by atoms with van der Waals surface area (Å²) in [5.41, 5.74) is 11.0. The number of para-hydroxylation sites is 5. The molecule has 4 nitrogen and oxygen atoms in total. The number of hydrogen-bond donors (Lipinski definition) is 0. The first kappa shape index (κ1) is 36.7. The molecule has 63 heavy (non-hydrogen) atoms. The summed E-state index contributed by atoms with van der Waals surface area (Å²) in [6.07, 6.45) is 0. The Labute approximate surface area is 369 Å². The molecule has 0 saturated heterocycles. The second-order valence-electron chi connectivity index (χ2n) is 15.7. The maximum Gasteiger partial charge on any atom is 0.159 e. The van der Waals surface area contributed by atoms with Crippen LogP contribution in [0, 0.1) is 0 Å². The van der Waals surface area contributed by atoms with E-state index in [0.717, 1.165) is 78.5 Å². The van der Waals surface area contributed by atoms with Crippen molar-refractivity contribution in [1.29, 1.82) is 0 Å². The molecular weight excluding hydrogens is 787 g/mol. The highest BCUT2D eigenvalue weighted by Gasteiger charge is 2.26. The van der Waals surface area contributed by atoms with E-state index in [1.54, 1.807) is 0 Å². The van der Waals surface area contributed by atoms with Crippen molar-refractivity contribution in [2.75, 3.05) is 14.7 Å². The highest BCUT2D eigenvalue weighted by atomic mass is 32.1. The molecule has 0 spiro atoms. The molecule has 0 amide bonds. The zero-order chi connectivity index (χ0) is 41.7. The van der Waals surface area contributed by atoms with E-state index in [4.69, 9.17) is 4.42 Å². The number of rotatable bonds is 9. The number of benzene rings is 10. The Morgan fingerprint density at radius 3 is 1.41 bits per heavy atom. The van der Waals surface area contributed by atoms with Crippen molar-refractivity contribution >= 4 is 115 Å². The summed E-state index contributed by atoms with van der Waals surface area (Å²) >= 11 is 1.84. The Balaban J connectivity index is 1.19. The number of furan rings is 1. The van der Waals surface area contributed by atoms with Gasteiger partial charge in [-0.2, -0.15) is 0 Å². The molecular formula is C58H39N3OS. The van der Waals surface area contributed by atoms with Gasteiger partial charge in [0.1, 0.15) is 5.58 Å². The number of fused-ring (bicyclic) bond motifs is 7. The van der Waals surface area contributed by atoms with Gasteiger partial charge in [-0.25, -0.2) is 0 Å². The van der Waals surface area contributed by atoms with Crippen LogP contribution in [0.25, 0.3) is 52.9 Å². The Morgan fingerprint density at radius 2 is 0.746 bits per heavy atom. The summed E-state index contributed by atoms with van der Waals surface area (Å²) in [6.45, 7) is 0. The third-order valence-electron chi connectivity index (χ3n) is 12.0. The lowest BCUT2D eigenvalue weighted by molar-refractivity contribution is 0.669. The van der Waals surface area contributed by atoms with Crippen LogP contribution >= 0.6 is 11.3 Å². The quantitative estimate of drug-likeness (QED) is 0.145. The molecule has 12 aromatic rings. The van der Waals surface area contributed by atoms with Crippen LogP contribution in [0.3, 0.4) is 0 Å². The van der Waals surface area contributed by atoms with Crippen molar-refractivity contribution in [3.8, 4) is 0 Å². The smallest absolute Gasteiger partial charge is 0.159 e. The van der Waals surface area contributed by atoms with E-state index >= 15 is 0 Å². The minimum absolute atomic E-state index is 0.832. The molecule has 5 heteroatoms. The van der Waals surface area contributed by atoms with Crippen molar-refractivity contribution in [2.45, 2.75) is 0 Å². The second-order valence-corrected chi connectivity index (χ2v) is 16.8. The molecule has 0 aliphatic rings. The minimum atomic E-state index is 0.832. The molecule has 10 aromatic carbocycles. The van der Waals surface area contributed by atoms with Gasteiger partial charge in [0.2, 0.25) is 0 Å². The Morgan fingerprint density at radius 1 is 0.302 bits per heavy atom. The van der Waals surface area contributed by atoms with Gasteiger partial charge in [-0.3, -0.25) is 0 Å². The molecule has 0 atom stereocenters. The Kier molecular flexibility index (Phi) is 8.98. The van der Waals surface area contributed by atoms with Crippen molar-refractivity contribution in [3.05, 3.63) is 237 Å². The summed E-state index contributed by atoms with van der Waals surface area (Å²) in [5.74, 6) is 0. The minimum Gasteiger partial charge on any atom is -0.454 e. The van der Waals surface area contributed by atoms with Crippen molar-refractivity contribution < 1.29 is 4.42 Å². The molecule has 0 radical (unpaired) electrons. The lowest BCUT2D eigenvalue weighted by Gasteiger charge is -2.33. The third kappa shape index (κ3) is 6.37. The van der Waals surface area contributed by atoms with Gasteiger partial charge >= 0.3 is 0 Å². The van der Waals surface area contributed by atoms with Crippen LogP contribution in [0.15, 0.2) is 241 Å². The fourth-order valence-corrected chi connectivity index (χ4v) is 10.4. The summed E-state index contributed by atoms with van der Waals surface area (Å²) in [7, 11) is 0. The molecule has 0 fully saturated rings. The third-order valence-corrected chi connectivity index (χ3v) is 13.2. The molecule has 2 heterocycles. The van der Waals surface area contributed by atoms with Crippen LogP contribution < -0.4 is 14.7 Å². The number of hydrogen-bond acceptors (Lipinski definition) is 5. The van der Waals surface area contributed by atoms with E-state index in [-0.39, 0.29) is 0 Å². The fourth-order valence-electron chi connectivity index (χ4n) is 9.20. The number of thiophene rings is 1. The van der Waals surface area contributed by atoms with Gasteiger partial charge in [0.15, 0.2) is 5.58 Å². The van der Waals surface area contributed by atoms with Crippen molar-refractivity contribution in [1.82, 2.24) is 0 Å². The first-order valence-corrected chi connectivity index (χ1v) is 22.1. The standard InChI is InChI=1S/C58H39N3OS/c1-4-21-41(22-5-1)59(52-32-16-20-40-19-10-11-27-47(40)52)44-37-45(60(42-23-6-2-7-24-42)53-33-17-30-50-48-28-12-14-35-55(48)62-57(50)53)39-46(38-44)61(43-25-8-3-9-26-43)54-34-18-31-51-49-29-13-15-36-56(49)63-58(51)54/h1-39H. The fraction of sp³-hybridized carbons (Fsp3) is 0. The maximum absolute atomic E-state index is 6.80. The highest BCUT2D eigenvalue weighted by molar-refractivity contribution is 7.26. The second kappa shape index (κ2) is 15.4. The van der Waals surface area contributed by atoms with E-state index in [1.807, 2.05) is 17.4 Å². The first-order valence-electron chi connectivity index (χ1n) is 21.3. The number of anilines is 9. The molecule has 298 valence electrons. The molecule has 0 unspecified atom stereocenters. The van der Waals surface area contributed by atoms with E-state index < -0.39 is 0 Å². The van der Waals surface area contributed by atoms with E-state index in [1.165, 1.54) is 25.6 Å². The molecule has 0 saturated carbocycles. The van der Waals surface area contributed by atoms with Crippen LogP contribution in [0.4, 0.5) is 51.2 Å². The summed E-state index contributed by atoms with van der Waals surface area (Å²) in [5, 5.41) is 7.02. The Hall–Kier alpha value is -8.12. The monoisotopic (exact) mass is 825 g/mol. The average molecular weight is 826 g/mol. The first-order chi connectivity index (χ1) is 31.3. The Bertz CT molecular complexity index is 3420. The zero-order valence-corrected chi connectivity index (χ0v) is 35.0. The van der Waals surface area contributed by atoms with Crippen LogP contribution in [0.2, 0.25) is 0 Å². The number of nitrogens with zero attached hydrogens (tertiary/aromatic N) is 3. The molecule has 12 rings (SSSR count). The SMILES string of the molecule is c1ccc(N(c2cc(N(c3ccccc3)c3cccc4c3oc3ccccc34)cc(N(c3ccccc3)c3cccc4c3sc3ccccc34)c2)c2cccc3ccccc23)cc1. The predicted molar refractivity (Wildman–Crippen MR) is 268 cm³/mol. The zero-order valence-electron chi connectivity index (χ0n) is 34.2. The van der Waals surface area contributed by atoms with E-state index in [0.29, 0.717) is 0 Å². The van der Waals surface area contributed by atoms with Crippen LogP contribution in [-0.2, 0) is 0 Å². The summed E-state index contributed by atoms with van der Waals surface area (Å²) < 4.78 is 9.30. The van der Waals surface area contributed by atoms with Gasteiger partial charge in [-0.15, -0.1) is 11.3 Å². The van der Waals surface area contributed by atoms with Gasteiger partial charge in [0, 0.05) is 48.7 Å². The molecule has 0 aliphatic carbocycles. The van der Waals surface area contributed by atoms with E-state index in [9.17, 15) is 0 Å². The van der Waals surface area contributed by atoms with Crippen LogP contribution in [0.1, 0.15) is 0 Å².